The summed E-state index contributed by atoms with van der Waals surface area (Å²) in [5.41, 5.74) is -0.0149. The molecule has 2 N–H and O–H groups in total. The summed E-state index contributed by atoms with van der Waals surface area (Å²) in [5, 5.41) is 19.3. The first-order valence-corrected chi connectivity index (χ1v) is 11.7. The zero-order chi connectivity index (χ0) is 26.4. The van der Waals surface area contributed by atoms with Gasteiger partial charge in [-0.2, -0.15) is 0 Å². The second kappa shape index (κ2) is 11.5. The first kappa shape index (κ1) is 25.6. The number of ether oxygens (including phenoxy) is 4. The maximum Gasteiger partial charge on any atom is 0.347 e. The number of carbonyl (C=O) groups is 3. The maximum absolute atomic E-state index is 12.6. The van der Waals surface area contributed by atoms with Gasteiger partial charge in [-0.05, 0) is 86.3 Å². The maximum atomic E-state index is 12.6. The van der Waals surface area contributed by atoms with Gasteiger partial charge in [0.2, 0.25) is 0 Å². The first-order chi connectivity index (χ1) is 17.8. The molecular formula is C28H26O9. The number of phenolic OH excluding ortho intramolecular Hbond substituents is 2. The van der Waals surface area contributed by atoms with Crippen molar-refractivity contribution in [3.05, 3.63) is 72.3 Å². The molecule has 3 aromatic rings. The second-order valence-electron chi connectivity index (χ2n) is 8.63. The Kier molecular flexibility index (Phi) is 7.92. The van der Waals surface area contributed by atoms with Crippen molar-refractivity contribution < 1.29 is 43.5 Å². The van der Waals surface area contributed by atoms with E-state index in [1.54, 1.807) is 0 Å². The summed E-state index contributed by atoms with van der Waals surface area (Å²) in [5.74, 6) is -1.04. The fourth-order valence-electron chi connectivity index (χ4n) is 4.03. The summed E-state index contributed by atoms with van der Waals surface area (Å²) in [6.45, 7) is 0. The van der Waals surface area contributed by atoms with Gasteiger partial charge in [-0.3, -0.25) is 9.59 Å². The van der Waals surface area contributed by atoms with Crippen molar-refractivity contribution in [1.29, 1.82) is 0 Å². The highest BCUT2D eigenvalue weighted by Gasteiger charge is 2.32. The molecule has 1 saturated carbocycles. The number of aromatic hydroxyl groups is 2. The zero-order valence-corrected chi connectivity index (χ0v) is 20.1. The summed E-state index contributed by atoms with van der Waals surface area (Å²) in [7, 11) is 1.45. The smallest absolute Gasteiger partial charge is 0.347 e. The molecule has 192 valence electrons. The average molecular weight is 507 g/mol. The van der Waals surface area contributed by atoms with Gasteiger partial charge >= 0.3 is 17.9 Å². The van der Waals surface area contributed by atoms with Crippen LogP contribution in [0.2, 0.25) is 0 Å². The molecule has 0 heterocycles. The topological polar surface area (TPSA) is 129 Å². The predicted octanol–water partition coefficient (Wildman–Crippen LogP) is 4.64. The zero-order valence-electron chi connectivity index (χ0n) is 20.1. The van der Waals surface area contributed by atoms with Crippen LogP contribution in [0.3, 0.4) is 0 Å². The minimum absolute atomic E-state index is 0.0149. The van der Waals surface area contributed by atoms with Crippen molar-refractivity contribution in [2.75, 3.05) is 7.11 Å². The van der Waals surface area contributed by atoms with Crippen LogP contribution < -0.4 is 18.9 Å². The van der Waals surface area contributed by atoms with Gasteiger partial charge < -0.3 is 29.2 Å². The predicted molar refractivity (Wildman–Crippen MR) is 131 cm³/mol. The van der Waals surface area contributed by atoms with Crippen LogP contribution in [0.5, 0.6) is 34.5 Å². The van der Waals surface area contributed by atoms with E-state index in [4.69, 9.17) is 18.9 Å². The highest BCUT2D eigenvalue weighted by atomic mass is 16.5. The standard InChI is InChI=1S/C28H26O9/c1-34-23-14-15-24(25(30)16-23)28(33)37-22-12-10-21(11-13-22)36-27(32)18-4-2-17(3-5-18)26(31)35-20-8-6-19(29)7-9-20/h6-18,29-30H,2-5H2,1H3. The Labute approximate surface area is 213 Å². The molecular weight excluding hydrogens is 480 g/mol. The van der Waals surface area contributed by atoms with Crippen LogP contribution in [0.1, 0.15) is 36.0 Å². The summed E-state index contributed by atoms with van der Waals surface area (Å²) in [4.78, 5) is 37.4. The lowest BCUT2D eigenvalue weighted by Crippen LogP contribution is -2.30. The Balaban J connectivity index is 1.25. The third kappa shape index (κ3) is 6.58. The van der Waals surface area contributed by atoms with E-state index in [0.29, 0.717) is 42.9 Å². The molecule has 1 fully saturated rings. The van der Waals surface area contributed by atoms with E-state index >= 15 is 0 Å². The summed E-state index contributed by atoms with van der Waals surface area (Å²) >= 11 is 0. The SMILES string of the molecule is COc1ccc(C(=O)Oc2ccc(OC(=O)C3CCC(C(=O)Oc4ccc(O)cc4)CC3)cc2)c(O)c1. The number of rotatable bonds is 7. The highest BCUT2D eigenvalue weighted by Crippen LogP contribution is 2.32. The van der Waals surface area contributed by atoms with Crippen LogP contribution >= 0.6 is 0 Å². The van der Waals surface area contributed by atoms with Crippen molar-refractivity contribution >= 4 is 17.9 Å². The largest absolute Gasteiger partial charge is 0.508 e. The van der Waals surface area contributed by atoms with Crippen molar-refractivity contribution in [3.63, 3.8) is 0 Å². The Hall–Kier alpha value is -4.53. The number of benzene rings is 3. The van der Waals surface area contributed by atoms with Crippen LogP contribution in [-0.4, -0.2) is 35.2 Å². The van der Waals surface area contributed by atoms with Gasteiger partial charge in [0, 0.05) is 6.07 Å². The molecule has 9 heteroatoms. The molecule has 3 aromatic carbocycles. The van der Waals surface area contributed by atoms with E-state index in [2.05, 4.69) is 0 Å². The lowest BCUT2D eigenvalue weighted by molar-refractivity contribution is -0.145. The minimum atomic E-state index is -0.745. The monoisotopic (exact) mass is 506 g/mol. The average Bonchev–Trinajstić information content (AvgIpc) is 2.91. The molecule has 0 amide bonds. The Bertz CT molecular complexity index is 1260. The Morgan fingerprint density at radius 2 is 1.08 bits per heavy atom. The van der Waals surface area contributed by atoms with Gasteiger partial charge in [-0.1, -0.05) is 0 Å². The van der Waals surface area contributed by atoms with Crippen LogP contribution in [-0.2, 0) is 9.59 Å². The fourth-order valence-corrected chi connectivity index (χ4v) is 4.03. The van der Waals surface area contributed by atoms with Gasteiger partial charge in [-0.25, -0.2) is 4.79 Å². The Morgan fingerprint density at radius 1 is 0.649 bits per heavy atom. The quantitative estimate of drug-likeness (QED) is 0.348. The number of hydrogen-bond donors (Lipinski definition) is 2. The van der Waals surface area contributed by atoms with Crippen LogP contribution in [0.25, 0.3) is 0 Å². The molecule has 0 spiro atoms. The summed E-state index contributed by atoms with van der Waals surface area (Å²) < 4.78 is 21.1. The molecule has 0 aliphatic heterocycles. The first-order valence-electron chi connectivity index (χ1n) is 11.7. The van der Waals surface area contributed by atoms with E-state index in [1.807, 2.05) is 0 Å². The molecule has 37 heavy (non-hydrogen) atoms. The third-order valence-corrected chi connectivity index (χ3v) is 6.13. The van der Waals surface area contributed by atoms with Crippen LogP contribution in [0, 0.1) is 11.8 Å². The van der Waals surface area contributed by atoms with E-state index in [-0.39, 0.29) is 40.6 Å². The van der Waals surface area contributed by atoms with Crippen LogP contribution in [0.15, 0.2) is 66.7 Å². The fraction of sp³-hybridized carbons (Fsp3) is 0.250. The number of hydrogen-bond acceptors (Lipinski definition) is 9. The van der Waals surface area contributed by atoms with E-state index in [9.17, 15) is 24.6 Å². The summed E-state index contributed by atoms with van der Waals surface area (Å²) in [6, 6.07) is 16.1. The molecule has 1 aliphatic carbocycles. The summed E-state index contributed by atoms with van der Waals surface area (Å²) in [6.07, 6.45) is 2.00. The molecule has 0 atom stereocenters. The number of esters is 3. The van der Waals surface area contributed by atoms with E-state index < -0.39 is 11.9 Å². The van der Waals surface area contributed by atoms with Crippen molar-refractivity contribution in [3.8, 4) is 34.5 Å². The number of carbonyl (C=O) groups excluding carboxylic acids is 3. The lowest BCUT2D eigenvalue weighted by Gasteiger charge is -2.25. The number of phenols is 2. The van der Waals surface area contributed by atoms with Gasteiger partial charge in [0.05, 0.1) is 18.9 Å². The number of methoxy groups -OCH3 is 1. The minimum Gasteiger partial charge on any atom is -0.508 e. The second-order valence-corrected chi connectivity index (χ2v) is 8.63. The van der Waals surface area contributed by atoms with Crippen molar-refractivity contribution in [2.45, 2.75) is 25.7 Å². The molecule has 0 unspecified atom stereocenters. The van der Waals surface area contributed by atoms with Crippen molar-refractivity contribution in [2.24, 2.45) is 11.8 Å². The normalized spacial score (nSPS) is 16.9. The molecule has 0 aromatic heterocycles. The third-order valence-electron chi connectivity index (χ3n) is 6.13. The molecule has 1 aliphatic rings. The van der Waals surface area contributed by atoms with Gasteiger partial charge in [0.1, 0.15) is 40.1 Å². The molecule has 0 bridgehead atoms. The van der Waals surface area contributed by atoms with Gasteiger partial charge in [0.25, 0.3) is 0 Å². The molecule has 4 rings (SSSR count). The van der Waals surface area contributed by atoms with E-state index in [1.165, 1.54) is 73.8 Å². The lowest BCUT2D eigenvalue weighted by atomic mass is 9.82. The van der Waals surface area contributed by atoms with E-state index in [0.717, 1.165) is 0 Å². The van der Waals surface area contributed by atoms with Gasteiger partial charge in [-0.15, -0.1) is 0 Å². The van der Waals surface area contributed by atoms with Crippen molar-refractivity contribution in [1.82, 2.24) is 0 Å². The van der Waals surface area contributed by atoms with Gasteiger partial charge in [0.15, 0.2) is 0 Å². The molecule has 0 radical (unpaired) electrons. The Morgan fingerprint density at radius 3 is 1.54 bits per heavy atom. The highest BCUT2D eigenvalue weighted by molar-refractivity contribution is 5.94. The molecule has 9 nitrogen and oxygen atoms in total. The van der Waals surface area contributed by atoms with Crippen LogP contribution in [0.4, 0.5) is 0 Å². The molecule has 0 saturated heterocycles.